The van der Waals surface area contributed by atoms with Gasteiger partial charge in [0.25, 0.3) is 5.22 Å². The highest BCUT2D eigenvalue weighted by molar-refractivity contribution is 9.10. The van der Waals surface area contributed by atoms with Crippen molar-refractivity contribution in [1.82, 2.24) is 15.5 Å². The van der Waals surface area contributed by atoms with Gasteiger partial charge >= 0.3 is 0 Å². The third-order valence-electron chi connectivity index (χ3n) is 3.78. The van der Waals surface area contributed by atoms with Crippen LogP contribution in [0.3, 0.4) is 0 Å². The van der Waals surface area contributed by atoms with Gasteiger partial charge in [-0.05, 0) is 43.7 Å². The average molecular weight is 432 g/mol. The second-order valence-corrected chi connectivity index (χ2v) is 7.71. The van der Waals surface area contributed by atoms with Gasteiger partial charge < -0.3 is 9.73 Å². The van der Waals surface area contributed by atoms with Gasteiger partial charge in [-0.1, -0.05) is 57.5 Å². The number of nitrogens with zero attached hydrogens (tertiary/aromatic N) is 2. The molecule has 0 aliphatic carbocycles. The molecule has 1 N–H and O–H groups in total. The number of halogens is 1. The minimum atomic E-state index is -0.0829. The summed E-state index contributed by atoms with van der Waals surface area (Å²) in [6.07, 6.45) is 0. The number of benzene rings is 2. The Morgan fingerprint density at radius 3 is 2.54 bits per heavy atom. The van der Waals surface area contributed by atoms with Gasteiger partial charge in [0, 0.05) is 10.0 Å². The largest absolute Gasteiger partial charge is 0.411 e. The van der Waals surface area contributed by atoms with E-state index < -0.39 is 0 Å². The van der Waals surface area contributed by atoms with E-state index in [4.69, 9.17) is 4.42 Å². The van der Waals surface area contributed by atoms with Crippen LogP contribution in [-0.4, -0.2) is 21.9 Å². The zero-order chi connectivity index (χ0) is 18.5. The first-order chi connectivity index (χ1) is 12.5. The fraction of sp³-hybridized carbons (Fsp3) is 0.211. The van der Waals surface area contributed by atoms with Crippen LogP contribution in [0, 0.1) is 6.92 Å². The number of nitrogens with one attached hydrogen (secondary N) is 1. The molecule has 2 aromatic carbocycles. The van der Waals surface area contributed by atoms with E-state index in [2.05, 4.69) is 31.4 Å². The van der Waals surface area contributed by atoms with Crippen LogP contribution in [-0.2, 0) is 4.79 Å². The maximum Gasteiger partial charge on any atom is 0.277 e. The molecule has 1 atom stereocenters. The second-order valence-electron chi connectivity index (χ2n) is 5.87. The van der Waals surface area contributed by atoms with E-state index in [0.29, 0.717) is 11.1 Å². The minimum absolute atomic E-state index is 0.0676. The molecule has 0 spiro atoms. The Hall–Kier alpha value is -2.12. The highest BCUT2D eigenvalue weighted by atomic mass is 79.9. The summed E-state index contributed by atoms with van der Waals surface area (Å²) in [7, 11) is 0. The second kappa shape index (κ2) is 8.51. The normalized spacial score (nSPS) is 12.0. The monoisotopic (exact) mass is 431 g/mol. The van der Waals surface area contributed by atoms with Gasteiger partial charge in [-0.25, -0.2) is 0 Å². The maximum atomic E-state index is 12.2. The van der Waals surface area contributed by atoms with Gasteiger partial charge in [0.1, 0.15) is 0 Å². The first-order valence-corrected chi connectivity index (χ1v) is 9.87. The van der Waals surface area contributed by atoms with Crippen LogP contribution in [0.15, 0.2) is 62.6 Å². The van der Waals surface area contributed by atoms with Crippen LogP contribution in [0.5, 0.6) is 0 Å². The van der Waals surface area contributed by atoms with Gasteiger partial charge in [-0.3, -0.25) is 4.79 Å². The van der Waals surface area contributed by atoms with Crippen molar-refractivity contribution < 1.29 is 9.21 Å². The zero-order valence-corrected chi connectivity index (χ0v) is 16.8. The van der Waals surface area contributed by atoms with Crippen molar-refractivity contribution in [2.45, 2.75) is 25.1 Å². The van der Waals surface area contributed by atoms with Crippen LogP contribution < -0.4 is 5.32 Å². The summed E-state index contributed by atoms with van der Waals surface area (Å²) in [5.74, 6) is 0.591. The fourth-order valence-corrected chi connectivity index (χ4v) is 3.16. The van der Waals surface area contributed by atoms with Gasteiger partial charge in [-0.2, -0.15) is 0 Å². The van der Waals surface area contributed by atoms with Crippen molar-refractivity contribution in [1.29, 1.82) is 0 Å². The molecule has 5 nitrogen and oxygen atoms in total. The lowest BCUT2D eigenvalue weighted by Gasteiger charge is -2.13. The summed E-state index contributed by atoms with van der Waals surface area (Å²) in [5.41, 5.74) is 3.08. The molecule has 7 heteroatoms. The van der Waals surface area contributed by atoms with Crippen molar-refractivity contribution in [3.05, 3.63) is 64.1 Å². The van der Waals surface area contributed by atoms with Crippen LogP contribution in [0.25, 0.3) is 11.5 Å². The Labute approximate surface area is 164 Å². The average Bonchev–Trinajstić information content (AvgIpc) is 3.10. The Kier molecular flexibility index (Phi) is 6.11. The molecular formula is C19H18BrN3O2S. The van der Waals surface area contributed by atoms with Crippen LogP contribution in [0.1, 0.15) is 24.1 Å². The number of carbonyl (C=O) groups is 1. The standard InChI is InChI=1S/C19H18BrN3O2S/c1-12-3-5-15(6-4-12)18-22-23-19(25-18)26-11-17(24)21-13(2)14-7-9-16(20)10-8-14/h3-10,13H,11H2,1-2H3,(H,21,24). The number of thioether (sulfide) groups is 1. The van der Waals surface area contributed by atoms with E-state index in [1.807, 2.05) is 62.4 Å². The molecule has 134 valence electrons. The molecule has 0 fully saturated rings. The van der Waals surface area contributed by atoms with E-state index in [1.165, 1.54) is 17.3 Å². The summed E-state index contributed by atoms with van der Waals surface area (Å²) < 4.78 is 6.63. The van der Waals surface area contributed by atoms with Crippen LogP contribution >= 0.6 is 27.7 Å². The predicted octanol–water partition coefficient (Wildman–Crippen LogP) is 4.78. The maximum absolute atomic E-state index is 12.2. The Bertz CT molecular complexity index is 879. The van der Waals surface area contributed by atoms with Crippen molar-refractivity contribution in [2.24, 2.45) is 0 Å². The Balaban J connectivity index is 1.53. The van der Waals surface area contributed by atoms with E-state index >= 15 is 0 Å². The molecule has 0 saturated carbocycles. The van der Waals surface area contributed by atoms with Crippen LogP contribution in [0.4, 0.5) is 0 Å². The number of carbonyl (C=O) groups excluding carboxylic acids is 1. The fourth-order valence-electron chi connectivity index (χ4n) is 2.33. The summed E-state index contributed by atoms with van der Waals surface area (Å²) in [4.78, 5) is 12.2. The molecule has 1 heterocycles. The molecule has 3 aromatic rings. The first-order valence-electron chi connectivity index (χ1n) is 8.09. The van der Waals surface area contributed by atoms with Crippen molar-refractivity contribution in [3.8, 4) is 11.5 Å². The van der Waals surface area contributed by atoms with Crippen molar-refractivity contribution in [2.75, 3.05) is 5.75 Å². The van der Waals surface area contributed by atoms with Gasteiger partial charge in [0.2, 0.25) is 11.8 Å². The highest BCUT2D eigenvalue weighted by Gasteiger charge is 2.13. The topological polar surface area (TPSA) is 68.0 Å². The number of aryl methyl sites for hydroxylation is 1. The first kappa shape index (κ1) is 18.7. The smallest absolute Gasteiger partial charge is 0.277 e. The number of rotatable bonds is 6. The van der Waals surface area contributed by atoms with Crippen molar-refractivity contribution in [3.63, 3.8) is 0 Å². The molecule has 0 aliphatic rings. The lowest BCUT2D eigenvalue weighted by molar-refractivity contribution is -0.119. The third kappa shape index (κ3) is 4.95. The number of hydrogen-bond donors (Lipinski definition) is 1. The molecule has 1 aromatic heterocycles. The Morgan fingerprint density at radius 1 is 1.15 bits per heavy atom. The molecule has 1 amide bonds. The van der Waals surface area contributed by atoms with Crippen molar-refractivity contribution >= 4 is 33.6 Å². The number of aromatic nitrogens is 2. The molecular weight excluding hydrogens is 414 g/mol. The van der Waals surface area contributed by atoms with E-state index in [-0.39, 0.29) is 17.7 Å². The summed E-state index contributed by atoms with van der Waals surface area (Å²) in [6, 6.07) is 15.7. The molecule has 0 radical (unpaired) electrons. The van der Waals surface area contributed by atoms with Gasteiger partial charge in [-0.15, -0.1) is 10.2 Å². The highest BCUT2D eigenvalue weighted by Crippen LogP contribution is 2.23. The molecule has 26 heavy (non-hydrogen) atoms. The lowest BCUT2D eigenvalue weighted by atomic mass is 10.1. The third-order valence-corrected chi connectivity index (χ3v) is 5.13. The number of amides is 1. The Morgan fingerprint density at radius 2 is 1.85 bits per heavy atom. The molecule has 3 rings (SSSR count). The van der Waals surface area contributed by atoms with E-state index in [1.54, 1.807) is 0 Å². The zero-order valence-electron chi connectivity index (χ0n) is 14.4. The molecule has 1 unspecified atom stereocenters. The molecule has 0 saturated heterocycles. The molecule has 0 aliphatic heterocycles. The minimum Gasteiger partial charge on any atom is -0.411 e. The lowest BCUT2D eigenvalue weighted by Crippen LogP contribution is -2.28. The van der Waals surface area contributed by atoms with Gasteiger partial charge in [0.15, 0.2) is 0 Å². The number of hydrogen-bond acceptors (Lipinski definition) is 5. The van der Waals surface area contributed by atoms with Gasteiger partial charge in [0.05, 0.1) is 11.8 Å². The van der Waals surface area contributed by atoms with Crippen LogP contribution in [0.2, 0.25) is 0 Å². The SMILES string of the molecule is Cc1ccc(-c2nnc(SCC(=O)NC(C)c3ccc(Br)cc3)o2)cc1. The summed E-state index contributed by atoms with van der Waals surface area (Å²) >= 11 is 4.63. The predicted molar refractivity (Wildman–Crippen MR) is 106 cm³/mol. The van der Waals surface area contributed by atoms with E-state index in [9.17, 15) is 4.79 Å². The summed E-state index contributed by atoms with van der Waals surface area (Å²) in [5, 5.41) is 11.4. The summed E-state index contributed by atoms with van der Waals surface area (Å²) in [6.45, 7) is 3.97. The quantitative estimate of drug-likeness (QED) is 0.568. The molecule has 0 bridgehead atoms. The van der Waals surface area contributed by atoms with E-state index in [0.717, 1.165) is 15.6 Å².